The molecule has 5 rings (SSSR count). The number of piperidine rings is 1. The third-order valence-electron chi connectivity index (χ3n) is 6.21. The Morgan fingerprint density at radius 3 is 2.58 bits per heavy atom. The molecule has 0 spiro atoms. The van der Waals surface area contributed by atoms with Gasteiger partial charge in [-0.05, 0) is 62.4 Å². The van der Waals surface area contributed by atoms with Crippen molar-refractivity contribution in [1.29, 1.82) is 0 Å². The summed E-state index contributed by atoms with van der Waals surface area (Å²) in [6.45, 7) is 1.98. The van der Waals surface area contributed by atoms with Gasteiger partial charge in [-0.25, -0.2) is 14.4 Å². The van der Waals surface area contributed by atoms with Gasteiger partial charge in [-0.3, -0.25) is 0 Å². The van der Waals surface area contributed by atoms with Crippen LogP contribution in [-0.4, -0.2) is 41.1 Å². The van der Waals surface area contributed by atoms with Crippen molar-refractivity contribution in [2.45, 2.75) is 25.6 Å². The van der Waals surface area contributed by atoms with E-state index in [1.54, 1.807) is 24.3 Å². The van der Waals surface area contributed by atoms with Gasteiger partial charge in [-0.1, -0.05) is 35.3 Å². The highest BCUT2D eigenvalue weighted by molar-refractivity contribution is 6.32. The zero-order valence-corrected chi connectivity index (χ0v) is 21.2. The van der Waals surface area contributed by atoms with Crippen LogP contribution in [0.2, 0.25) is 10.0 Å². The molecule has 0 bridgehead atoms. The van der Waals surface area contributed by atoms with E-state index in [2.05, 4.69) is 27.2 Å². The van der Waals surface area contributed by atoms with Crippen molar-refractivity contribution in [2.75, 3.05) is 25.5 Å². The molecule has 1 aliphatic rings. The molecule has 0 radical (unpaired) electrons. The standard InChI is InChI=1S/C27H25Cl2FN4O2/c1-34-12-10-18(11-13-34)36-25-7-3-6-23-26(25)27(32-16-31-23)33-17-8-9-24(21(29)14-17)35-15-19-20(28)4-2-5-22(19)30/h2-9,14,16,18H,10-13,15H2,1H3,(H,31,32,33). The van der Waals surface area contributed by atoms with Crippen LogP contribution >= 0.6 is 23.2 Å². The van der Waals surface area contributed by atoms with E-state index in [0.717, 1.165) is 42.6 Å². The number of nitrogens with zero attached hydrogens (tertiary/aromatic N) is 3. The van der Waals surface area contributed by atoms with Gasteiger partial charge in [0.05, 0.1) is 20.9 Å². The second-order valence-electron chi connectivity index (χ2n) is 8.75. The van der Waals surface area contributed by atoms with Gasteiger partial charge in [0.15, 0.2) is 0 Å². The molecule has 186 valence electrons. The minimum absolute atomic E-state index is 0.0355. The Morgan fingerprint density at radius 2 is 1.81 bits per heavy atom. The van der Waals surface area contributed by atoms with Crippen LogP contribution in [0.3, 0.4) is 0 Å². The van der Waals surface area contributed by atoms with E-state index in [0.29, 0.717) is 27.3 Å². The first kappa shape index (κ1) is 24.6. The average Bonchev–Trinajstić information content (AvgIpc) is 2.86. The fraction of sp³-hybridized carbons (Fsp3) is 0.259. The monoisotopic (exact) mass is 526 g/mol. The summed E-state index contributed by atoms with van der Waals surface area (Å²) in [4.78, 5) is 11.2. The number of hydrogen-bond donors (Lipinski definition) is 1. The number of ether oxygens (including phenoxy) is 2. The molecular weight excluding hydrogens is 502 g/mol. The van der Waals surface area contributed by atoms with Crippen molar-refractivity contribution in [3.63, 3.8) is 0 Å². The van der Waals surface area contributed by atoms with Gasteiger partial charge in [0.1, 0.15) is 42.2 Å². The van der Waals surface area contributed by atoms with Crippen molar-refractivity contribution in [3.05, 3.63) is 82.4 Å². The van der Waals surface area contributed by atoms with Gasteiger partial charge < -0.3 is 19.7 Å². The van der Waals surface area contributed by atoms with Crippen LogP contribution in [0, 0.1) is 5.82 Å². The van der Waals surface area contributed by atoms with E-state index in [1.165, 1.54) is 12.4 Å². The fourth-order valence-corrected chi connectivity index (χ4v) is 4.66. The summed E-state index contributed by atoms with van der Waals surface area (Å²) in [5.41, 5.74) is 1.78. The number of anilines is 2. The molecule has 6 nitrogen and oxygen atoms in total. The molecule has 0 amide bonds. The molecule has 0 aliphatic carbocycles. The molecule has 1 N–H and O–H groups in total. The van der Waals surface area contributed by atoms with Crippen LogP contribution in [0.1, 0.15) is 18.4 Å². The Bertz CT molecular complexity index is 1350. The van der Waals surface area contributed by atoms with Crippen LogP contribution < -0.4 is 14.8 Å². The number of benzene rings is 3. The van der Waals surface area contributed by atoms with E-state index in [4.69, 9.17) is 32.7 Å². The van der Waals surface area contributed by atoms with Crippen LogP contribution in [0.4, 0.5) is 15.9 Å². The van der Waals surface area contributed by atoms with Crippen molar-refractivity contribution in [3.8, 4) is 11.5 Å². The van der Waals surface area contributed by atoms with Crippen molar-refractivity contribution >= 4 is 45.6 Å². The van der Waals surface area contributed by atoms with E-state index < -0.39 is 5.82 Å². The normalized spacial score (nSPS) is 14.7. The summed E-state index contributed by atoms with van der Waals surface area (Å²) in [6, 6.07) is 15.6. The Kier molecular flexibility index (Phi) is 7.41. The van der Waals surface area contributed by atoms with Gasteiger partial charge in [0.25, 0.3) is 0 Å². The lowest BCUT2D eigenvalue weighted by Crippen LogP contribution is -2.35. The summed E-state index contributed by atoms with van der Waals surface area (Å²) >= 11 is 12.6. The Hall–Kier alpha value is -3.13. The Morgan fingerprint density at radius 1 is 1.00 bits per heavy atom. The molecule has 1 aromatic heterocycles. The van der Waals surface area contributed by atoms with Crippen LogP contribution in [0.25, 0.3) is 10.9 Å². The minimum Gasteiger partial charge on any atom is -0.489 e. The minimum atomic E-state index is -0.425. The van der Waals surface area contributed by atoms with Gasteiger partial charge >= 0.3 is 0 Å². The summed E-state index contributed by atoms with van der Waals surface area (Å²) in [5, 5.41) is 4.81. The first-order chi connectivity index (χ1) is 17.5. The quantitative estimate of drug-likeness (QED) is 0.283. The predicted molar refractivity (Wildman–Crippen MR) is 141 cm³/mol. The van der Waals surface area contributed by atoms with Gasteiger partial charge in [0, 0.05) is 24.3 Å². The van der Waals surface area contributed by atoms with E-state index >= 15 is 0 Å². The molecule has 3 aromatic carbocycles. The molecule has 4 aromatic rings. The summed E-state index contributed by atoms with van der Waals surface area (Å²) < 4.78 is 26.2. The zero-order valence-electron chi connectivity index (χ0n) is 19.7. The highest BCUT2D eigenvalue weighted by atomic mass is 35.5. The number of halogens is 3. The first-order valence-electron chi connectivity index (χ1n) is 11.7. The van der Waals surface area contributed by atoms with Gasteiger partial charge in [-0.15, -0.1) is 0 Å². The van der Waals surface area contributed by atoms with Crippen molar-refractivity contribution in [1.82, 2.24) is 14.9 Å². The van der Waals surface area contributed by atoms with E-state index in [-0.39, 0.29) is 18.3 Å². The maximum Gasteiger partial charge on any atom is 0.145 e. The molecule has 1 saturated heterocycles. The third kappa shape index (κ3) is 5.48. The lowest BCUT2D eigenvalue weighted by Gasteiger charge is -2.29. The van der Waals surface area contributed by atoms with Crippen LogP contribution in [0.15, 0.2) is 60.9 Å². The predicted octanol–water partition coefficient (Wildman–Crippen LogP) is 6.87. The molecule has 1 aliphatic heterocycles. The van der Waals surface area contributed by atoms with Crippen LogP contribution in [-0.2, 0) is 6.61 Å². The highest BCUT2D eigenvalue weighted by Crippen LogP contribution is 2.35. The SMILES string of the molecule is CN1CCC(Oc2cccc3ncnc(Nc4ccc(OCc5c(F)cccc5Cl)c(Cl)c4)c23)CC1. The first-order valence-corrected chi connectivity index (χ1v) is 12.4. The van der Waals surface area contributed by atoms with Crippen molar-refractivity contribution < 1.29 is 13.9 Å². The third-order valence-corrected chi connectivity index (χ3v) is 6.86. The number of likely N-dealkylation sites (tertiary alicyclic amines) is 1. The molecular formula is C27H25Cl2FN4O2. The number of nitrogens with one attached hydrogen (secondary N) is 1. The maximum atomic E-state index is 14.1. The Labute approximate surface area is 219 Å². The van der Waals surface area contributed by atoms with Gasteiger partial charge in [0.2, 0.25) is 0 Å². The highest BCUT2D eigenvalue weighted by Gasteiger charge is 2.20. The molecule has 36 heavy (non-hydrogen) atoms. The second-order valence-corrected chi connectivity index (χ2v) is 9.57. The molecule has 2 heterocycles. The van der Waals surface area contributed by atoms with Gasteiger partial charge in [-0.2, -0.15) is 0 Å². The Balaban J connectivity index is 1.35. The largest absolute Gasteiger partial charge is 0.489 e. The number of hydrogen-bond acceptors (Lipinski definition) is 6. The average molecular weight is 527 g/mol. The number of aromatic nitrogens is 2. The topological polar surface area (TPSA) is 59.5 Å². The molecule has 0 atom stereocenters. The van der Waals surface area contributed by atoms with E-state index in [1.807, 2.05) is 24.3 Å². The smallest absolute Gasteiger partial charge is 0.145 e. The van der Waals surface area contributed by atoms with Crippen molar-refractivity contribution in [2.24, 2.45) is 0 Å². The summed E-state index contributed by atoms with van der Waals surface area (Å²) in [7, 11) is 2.13. The van der Waals surface area contributed by atoms with E-state index in [9.17, 15) is 4.39 Å². The fourth-order valence-electron chi connectivity index (χ4n) is 4.21. The maximum absolute atomic E-state index is 14.1. The summed E-state index contributed by atoms with van der Waals surface area (Å²) in [6.07, 6.45) is 3.60. The zero-order chi connectivity index (χ0) is 25.1. The number of rotatable bonds is 7. The van der Waals surface area contributed by atoms with Crippen LogP contribution in [0.5, 0.6) is 11.5 Å². The molecule has 0 saturated carbocycles. The lowest BCUT2D eigenvalue weighted by atomic mass is 10.1. The number of fused-ring (bicyclic) bond motifs is 1. The summed E-state index contributed by atoms with van der Waals surface area (Å²) in [5.74, 6) is 1.36. The molecule has 0 unspecified atom stereocenters. The molecule has 9 heteroatoms. The second kappa shape index (κ2) is 10.9. The molecule has 1 fully saturated rings. The lowest BCUT2D eigenvalue weighted by molar-refractivity contribution is 0.116.